The van der Waals surface area contributed by atoms with Crippen molar-refractivity contribution < 1.29 is 0 Å². The van der Waals surface area contributed by atoms with Crippen molar-refractivity contribution in [2.75, 3.05) is 14.1 Å². The first-order valence-corrected chi connectivity index (χ1v) is 6.81. The predicted octanol–water partition coefficient (Wildman–Crippen LogP) is 1.26. The van der Waals surface area contributed by atoms with Gasteiger partial charge >= 0.3 is 93.2 Å². The molecule has 2 heteroatoms. The summed E-state index contributed by atoms with van der Waals surface area (Å²) < 4.78 is 1.56. The van der Waals surface area contributed by atoms with Crippen LogP contribution in [0.5, 0.6) is 0 Å². The molecule has 0 aliphatic rings. The predicted molar refractivity (Wildman–Crippen MR) is 65.8 cm³/mol. The van der Waals surface area contributed by atoms with Crippen LogP contribution in [0.4, 0.5) is 0 Å². The Balaban J connectivity index is 3.09. The van der Waals surface area contributed by atoms with E-state index >= 15 is 0 Å². The van der Waals surface area contributed by atoms with Crippen molar-refractivity contribution >= 4 is 24.6 Å². The number of hydrogen-bond acceptors (Lipinski definition) is 1. The normalized spacial score (nSPS) is 11.6. The van der Waals surface area contributed by atoms with Crippen LogP contribution in [0.25, 0.3) is 0 Å². The van der Waals surface area contributed by atoms with Gasteiger partial charge in [0.2, 0.25) is 0 Å². The van der Waals surface area contributed by atoms with Crippen molar-refractivity contribution in [3.8, 4) is 0 Å². The van der Waals surface area contributed by atoms with Gasteiger partial charge in [-0.05, 0) is 0 Å². The van der Waals surface area contributed by atoms with E-state index in [-0.39, 0.29) is 15.3 Å². The van der Waals surface area contributed by atoms with Crippen molar-refractivity contribution in [2.24, 2.45) is 0 Å². The van der Waals surface area contributed by atoms with E-state index in [1.807, 2.05) is 0 Å². The van der Waals surface area contributed by atoms with Crippen LogP contribution in [0.15, 0.2) is 12.1 Å². The van der Waals surface area contributed by atoms with Gasteiger partial charge in [0.1, 0.15) is 0 Å². The molecular weight excluding hydrogens is 233 g/mol. The average Bonchev–Trinajstić information content (AvgIpc) is 2.01. The van der Waals surface area contributed by atoms with Gasteiger partial charge in [0, 0.05) is 0 Å². The Morgan fingerprint density at radius 3 is 2.00 bits per heavy atom. The Labute approximate surface area is 93.3 Å². The summed E-state index contributed by atoms with van der Waals surface area (Å²) >= 11 is 0.179. The second-order valence-electron chi connectivity index (χ2n) is 3.96. The van der Waals surface area contributed by atoms with Gasteiger partial charge in [-0.2, -0.15) is 0 Å². The molecule has 0 unspecified atom stereocenters. The molecule has 0 aromatic heterocycles. The Morgan fingerprint density at radius 1 is 1.07 bits per heavy atom. The molecule has 14 heavy (non-hydrogen) atoms. The molecule has 0 radical (unpaired) electrons. The molecule has 0 fully saturated rings. The van der Waals surface area contributed by atoms with Crippen LogP contribution in [0.2, 0.25) is 0 Å². The van der Waals surface area contributed by atoms with Gasteiger partial charge in [0.15, 0.2) is 0 Å². The molecular formula is C12H18AsN. The summed E-state index contributed by atoms with van der Waals surface area (Å²) in [5.41, 5.74) is 4.26. The van der Waals surface area contributed by atoms with Crippen LogP contribution in [0, 0.1) is 20.8 Å². The van der Waals surface area contributed by atoms with Crippen LogP contribution in [-0.2, 0) is 0 Å². The fraction of sp³-hybridized carbons (Fsp3) is 0.417. The second kappa shape index (κ2) is 4.91. The number of rotatable bonds is 2. The van der Waals surface area contributed by atoms with E-state index in [1.54, 1.807) is 4.35 Å². The molecule has 0 spiro atoms. The minimum atomic E-state index is 0.179. The molecule has 0 atom stereocenters. The molecule has 0 bridgehead atoms. The maximum absolute atomic E-state index is 2.31. The van der Waals surface area contributed by atoms with Gasteiger partial charge in [-0.25, -0.2) is 0 Å². The summed E-state index contributed by atoms with van der Waals surface area (Å²) in [5.74, 6) is 0. The third kappa shape index (κ3) is 3.08. The van der Waals surface area contributed by atoms with Crippen molar-refractivity contribution in [3.05, 3.63) is 28.8 Å². The maximum atomic E-state index is 2.31. The number of benzene rings is 1. The Bertz CT molecular complexity index is 330. The van der Waals surface area contributed by atoms with E-state index in [9.17, 15) is 0 Å². The van der Waals surface area contributed by atoms with Crippen molar-refractivity contribution in [1.82, 2.24) is 4.90 Å². The Hall–Kier alpha value is -0.392. The zero-order valence-electron chi connectivity index (χ0n) is 9.63. The number of nitrogens with zero attached hydrogens (tertiary/aromatic N) is 1. The fourth-order valence-electron chi connectivity index (χ4n) is 1.55. The molecule has 0 N–H and O–H groups in total. The van der Waals surface area contributed by atoms with Crippen molar-refractivity contribution in [2.45, 2.75) is 20.8 Å². The average molecular weight is 251 g/mol. The summed E-state index contributed by atoms with van der Waals surface area (Å²) in [5, 5.41) is 0. The molecule has 1 aromatic carbocycles. The zero-order chi connectivity index (χ0) is 10.7. The molecule has 0 heterocycles. The third-order valence-corrected chi connectivity index (χ3v) is 5.29. The van der Waals surface area contributed by atoms with E-state index < -0.39 is 0 Å². The van der Waals surface area contributed by atoms with Crippen molar-refractivity contribution in [1.29, 1.82) is 0 Å². The van der Waals surface area contributed by atoms with Crippen LogP contribution >= 0.6 is 0 Å². The standard InChI is InChI=1S/C12H18AsN/c1-9-6-10(2)12(11(3)7-9)13-8-14(4)5/h6-8H,1-5H3. The summed E-state index contributed by atoms with van der Waals surface area (Å²) in [6, 6.07) is 4.56. The van der Waals surface area contributed by atoms with E-state index in [0.717, 1.165) is 0 Å². The Morgan fingerprint density at radius 2 is 1.57 bits per heavy atom. The fourth-order valence-corrected chi connectivity index (χ4v) is 3.40. The van der Waals surface area contributed by atoms with Crippen LogP contribution in [0.3, 0.4) is 0 Å². The number of aryl methyl sites for hydroxylation is 3. The second-order valence-corrected chi connectivity index (χ2v) is 5.92. The molecule has 76 valence electrons. The molecule has 0 saturated heterocycles. The van der Waals surface area contributed by atoms with Crippen LogP contribution in [0.1, 0.15) is 16.7 Å². The van der Waals surface area contributed by atoms with E-state index in [0.29, 0.717) is 0 Å². The van der Waals surface area contributed by atoms with Gasteiger partial charge in [-0.1, -0.05) is 0 Å². The Kier molecular flexibility index (Phi) is 4.09. The molecule has 0 aliphatic carbocycles. The zero-order valence-corrected chi connectivity index (χ0v) is 11.5. The molecule has 0 amide bonds. The van der Waals surface area contributed by atoms with E-state index in [2.05, 4.69) is 56.8 Å². The quantitative estimate of drug-likeness (QED) is 0.715. The van der Waals surface area contributed by atoms with Gasteiger partial charge in [0.25, 0.3) is 0 Å². The minimum absolute atomic E-state index is 0.179. The SMILES string of the molecule is Cc1cc(C)c([As]=CN(C)C)c(C)c1. The first-order valence-electron chi connectivity index (χ1n) is 4.79. The van der Waals surface area contributed by atoms with Crippen LogP contribution in [-0.4, -0.2) is 39.2 Å². The first-order chi connectivity index (χ1) is 6.50. The van der Waals surface area contributed by atoms with Crippen LogP contribution < -0.4 is 4.35 Å². The topological polar surface area (TPSA) is 3.24 Å². The first kappa shape index (κ1) is 11.7. The summed E-state index contributed by atoms with van der Waals surface area (Å²) in [7, 11) is 4.18. The van der Waals surface area contributed by atoms with Gasteiger partial charge in [0.05, 0.1) is 0 Å². The number of hydrogen-bond donors (Lipinski definition) is 0. The monoisotopic (exact) mass is 251 g/mol. The molecule has 0 aliphatic heterocycles. The molecule has 1 rings (SSSR count). The summed E-state index contributed by atoms with van der Waals surface area (Å²) in [6.45, 7) is 6.60. The van der Waals surface area contributed by atoms with Crippen molar-refractivity contribution in [3.63, 3.8) is 0 Å². The molecule has 1 nitrogen and oxygen atoms in total. The third-order valence-electron chi connectivity index (χ3n) is 2.05. The molecule has 1 aromatic rings. The van der Waals surface area contributed by atoms with E-state index in [4.69, 9.17) is 0 Å². The summed E-state index contributed by atoms with van der Waals surface area (Å²) in [6.07, 6.45) is 0. The van der Waals surface area contributed by atoms with E-state index in [1.165, 1.54) is 16.7 Å². The van der Waals surface area contributed by atoms with Gasteiger partial charge in [-0.3, -0.25) is 0 Å². The van der Waals surface area contributed by atoms with Gasteiger partial charge in [-0.15, -0.1) is 0 Å². The summed E-state index contributed by atoms with van der Waals surface area (Å²) in [4.78, 5) is 4.46. The van der Waals surface area contributed by atoms with Gasteiger partial charge < -0.3 is 0 Å². The molecule has 0 saturated carbocycles.